The fraction of sp³-hybridized carbons (Fsp3) is 0.235. The summed E-state index contributed by atoms with van der Waals surface area (Å²) in [6.45, 7) is -2.61. The Labute approximate surface area is 151 Å². The molecule has 0 bridgehead atoms. The first-order chi connectivity index (χ1) is 12.5. The van der Waals surface area contributed by atoms with Crippen molar-refractivity contribution >= 4 is 27.5 Å². The van der Waals surface area contributed by atoms with E-state index in [9.17, 15) is 18.4 Å². The summed E-state index contributed by atoms with van der Waals surface area (Å²) in [6.07, 6.45) is 1.89. The molecule has 0 unspecified atom stereocenters. The van der Waals surface area contributed by atoms with Gasteiger partial charge in [-0.2, -0.15) is 8.78 Å². The van der Waals surface area contributed by atoms with Gasteiger partial charge in [0.05, 0.1) is 11.7 Å². The van der Waals surface area contributed by atoms with Gasteiger partial charge in [0.25, 0.3) is 5.56 Å². The number of nitrogens with zero attached hydrogens (tertiary/aromatic N) is 2. The summed E-state index contributed by atoms with van der Waals surface area (Å²) < 4.78 is 29.7. The van der Waals surface area contributed by atoms with Gasteiger partial charge >= 0.3 is 6.61 Å². The molecule has 0 aliphatic heterocycles. The molecule has 0 aliphatic carbocycles. The van der Waals surface area contributed by atoms with Gasteiger partial charge in [-0.3, -0.25) is 14.2 Å². The van der Waals surface area contributed by atoms with Crippen LogP contribution in [0.1, 0.15) is 5.56 Å². The summed E-state index contributed by atoms with van der Waals surface area (Å²) in [5, 5.41) is 5.00. The number of ether oxygens (including phenoxy) is 1. The molecule has 0 saturated heterocycles. The van der Waals surface area contributed by atoms with Crippen molar-refractivity contribution in [2.45, 2.75) is 19.6 Å². The van der Waals surface area contributed by atoms with E-state index < -0.39 is 6.61 Å². The summed E-state index contributed by atoms with van der Waals surface area (Å²) in [5.74, 6) is -0.218. The van der Waals surface area contributed by atoms with Gasteiger partial charge < -0.3 is 10.1 Å². The Morgan fingerprint density at radius 2 is 2.04 bits per heavy atom. The lowest BCUT2D eigenvalue weighted by atomic mass is 10.1. The smallest absolute Gasteiger partial charge is 0.387 e. The molecule has 0 radical (unpaired) electrons. The number of hydrogen-bond acceptors (Lipinski definition) is 5. The van der Waals surface area contributed by atoms with Crippen molar-refractivity contribution in [3.63, 3.8) is 0 Å². The zero-order valence-corrected chi connectivity index (χ0v) is 14.3. The molecular formula is C17H15F2N3O3S. The van der Waals surface area contributed by atoms with Crippen molar-refractivity contribution in [2.75, 3.05) is 6.54 Å². The van der Waals surface area contributed by atoms with E-state index in [0.717, 1.165) is 5.56 Å². The van der Waals surface area contributed by atoms with Crippen LogP contribution >= 0.6 is 11.3 Å². The summed E-state index contributed by atoms with van der Waals surface area (Å²) in [5.41, 5.74) is 0.617. The number of carbonyl (C=O) groups is 1. The Bertz CT molecular complexity index is 954. The Balaban J connectivity index is 1.51. The van der Waals surface area contributed by atoms with Gasteiger partial charge in [0, 0.05) is 6.54 Å². The van der Waals surface area contributed by atoms with Crippen LogP contribution in [-0.4, -0.2) is 28.6 Å². The third-order valence-corrected chi connectivity index (χ3v) is 4.47. The molecule has 26 heavy (non-hydrogen) atoms. The minimum Gasteiger partial charge on any atom is -0.435 e. The number of nitrogens with one attached hydrogen (secondary N) is 1. The topological polar surface area (TPSA) is 73.2 Å². The fourth-order valence-electron chi connectivity index (χ4n) is 2.40. The highest BCUT2D eigenvalue weighted by atomic mass is 32.1. The average Bonchev–Trinajstić information content (AvgIpc) is 3.08. The standard InChI is InChI=1S/C17H15F2N3O3S/c18-17(19)25-12-3-1-11(2-4-12)5-7-20-14(23)9-22-10-21-15-13(16(22)24)6-8-26-15/h1-4,6,8,10,17H,5,7,9H2,(H,20,23). The number of rotatable bonds is 7. The molecule has 2 heterocycles. The molecule has 1 N–H and O–H groups in total. The van der Waals surface area contributed by atoms with E-state index in [1.165, 1.54) is 34.4 Å². The second-order valence-corrected chi connectivity index (χ2v) is 6.33. The average molecular weight is 379 g/mol. The molecule has 1 amide bonds. The first kappa shape index (κ1) is 18.0. The highest BCUT2D eigenvalue weighted by molar-refractivity contribution is 7.16. The van der Waals surface area contributed by atoms with Gasteiger partial charge in [0.1, 0.15) is 17.1 Å². The molecule has 0 aliphatic rings. The number of hydrogen-bond donors (Lipinski definition) is 1. The van der Waals surface area contributed by atoms with E-state index in [0.29, 0.717) is 23.2 Å². The van der Waals surface area contributed by atoms with E-state index in [-0.39, 0.29) is 23.8 Å². The number of alkyl halides is 2. The predicted molar refractivity (Wildman–Crippen MR) is 93.7 cm³/mol. The molecule has 0 spiro atoms. The van der Waals surface area contributed by atoms with Crippen LogP contribution in [0.15, 0.2) is 46.8 Å². The van der Waals surface area contributed by atoms with Crippen molar-refractivity contribution in [2.24, 2.45) is 0 Å². The first-order valence-electron chi connectivity index (χ1n) is 7.76. The fourth-order valence-corrected chi connectivity index (χ4v) is 3.12. The second-order valence-electron chi connectivity index (χ2n) is 5.44. The summed E-state index contributed by atoms with van der Waals surface area (Å²) >= 11 is 1.37. The van der Waals surface area contributed by atoms with Crippen LogP contribution in [0.4, 0.5) is 8.78 Å². The van der Waals surface area contributed by atoms with Crippen molar-refractivity contribution in [1.29, 1.82) is 0 Å². The van der Waals surface area contributed by atoms with Crippen molar-refractivity contribution in [3.05, 3.63) is 58.0 Å². The molecule has 3 rings (SSSR count). The lowest BCUT2D eigenvalue weighted by molar-refractivity contribution is -0.121. The number of benzene rings is 1. The minimum atomic E-state index is -2.86. The molecule has 0 atom stereocenters. The number of carbonyl (C=O) groups excluding carboxylic acids is 1. The number of aromatic nitrogens is 2. The van der Waals surface area contributed by atoms with E-state index >= 15 is 0 Å². The maximum Gasteiger partial charge on any atom is 0.387 e. The maximum atomic E-state index is 12.2. The summed E-state index contributed by atoms with van der Waals surface area (Å²) in [6, 6.07) is 7.89. The Kier molecular flexibility index (Phi) is 5.57. The van der Waals surface area contributed by atoms with E-state index in [1.807, 2.05) is 0 Å². The molecule has 6 nitrogen and oxygen atoms in total. The zero-order chi connectivity index (χ0) is 18.5. The van der Waals surface area contributed by atoms with Gasteiger partial charge in [-0.05, 0) is 35.6 Å². The van der Waals surface area contributed by atoms with Crippen LogP contribution in [0.5, 0.6) is 5.75 Å². The van der Waals surface area contributed by atoms with Crippen LogP contribution in [-0.2, 0) is 17.8 Å². The van der Waals surface area contributed by atoms with E-state index in [2.05, 4.69) is 15.0 Å². The number of amides is 1. The molecule has 1 aromatic carbocycles. The molecule has 9 heteroatoms. The second kappa shape index (κ2) is 8.05. The zero-order valence-electron chi connectivity index (χ0n) is 13.5. The number of fused-ring (bicyclic) bond motifs is 1. The van der Waals surface area contributed by atoms with Crippen molar-refractivity contribution in [3.8, 4) is 5.75 Å². The van der Waals surface area contributed by atoms with Crippen LogP contribution in [0.25, 0.3) is 10.2 Å². The molecule has 0 fully saturated rings. The molecule has 2 aromatic heterocycles. The number of halogens is 2. The number of thiophene rings is 1. The van der Waals surface area contributed by atoms with E-state index in [1.54, 1.807) is 23.6 Å². The molecule has 136 valence electrons. The van der Waals surface area contributed by atoms with Gasteiger partial charge in [-0.25, -0.2) is 4.98 Å². The van der Waals surface area contributed by atoms with Crippen LogP contribution < -0.4 is 15.6 Å². The van der Waals surface area contributed by atoms with Crippen LogP contribution in [0.3, 0.4) is 0 Å². The SMILES string of the molecule is O=C(Cn1cnc2sccc2c1=O)NCCc1ccc(OC(F)F)cc1. The van der Waals surface area contributed by atoms with Gasteiger partial charge in [-0.15, -0.1) is 11.3 Å². The normalized spacial score (nSPS) is 11.0. The Hall–Kier alpha value is -2.81. The highest BCUT2D eigenvalue weighted by Gasteiger charge is 2.09. The van der Waals surface area contributed by atoms with E-state index in [4.69, 9.17) is 0 Å². The third-order valence-electron chi connectivity index (χ3n) is 3.65. The largest absolute Gasteiger partial charge is 0.435 e. The van der Waals surface area contributed by atoms with Gasteiger partial charge in [-0.1, -0.05) is 12.1 Å². The first-order valence-corrected chi connectivity index (χ1v) is 8.64. The Morgan fingerprint density at radius 3 is 2.77 bits per heavy atom. The van der Waals surface area contributed by atoms with Gasteiger partial charge in [0.2, 0.25) is 5.91 Å². The van der Waals surface area contributed by atoms with Crippen molar-refractivity contribution < 1.29 is 18.3 Å². The Morgan fingerprint density at radius 1 is 1.27 bits per heavy atom. The lowest BCUT2D eigenvalue weighted by Gasteiger charge is -2.08. The van der Waals surface area contributed by atoms with Crippen LogP contribution in [0.2, 0.25) is 0 Å². The lowest BCUT2D eigenvalue weighted by Crippen LogP contribution is -2.33. The molecule has 3 aromatic rings. The monoisotopic (exact) mass is 379 g/mol. The third kappa shape index (κ3) is 4.42. The van der Waals surface area contributed by atoms with Gasteiger partial charge in [0.15, 0.2) is 0 Å². The minimum absolute atomic E-state index is 0.0866. The summed E-state index contributed by atoms with van der Waals surface area (Å²) in [7, 11) is 0. The van der Waals surface area contributed by atoms with Crippen molar-refractivity contribution in [1.82, 2.24) is 14.9 Å². The molecular weight excluding hydrogens is 364 g/mol. The quantitative estimate of drug-likeness (QED) is 0.684. The van der Waals surface area contributed by atoms with Crippen LogP contribution in [0, 0.1) is 0 Å². The summed E-state index contributed by atoms with van der Waals surface area (Å²) in [4.78, 5) is 29.0. The highest BCUT2D eigenvalue weighted by Crippen LogP contribution is 2.15. The molecule has 0 saturated carbocycles. The predicted octanol–water partition coefficient (Wildman–Crippen LogP) is 2.42. The maximum absolute atomic E-state index is 12.2.